The van der Waals surface area contributed by atoms with Crippen molar-refractivity contribution in [3.05, 3.63) is 18.0 Å². The molecule has 0 bridgehead atoms. The van der Waals surface area contributed by atoms with Crippen molar-refractivity contribution in [1.82, 2.24) is 14.9 Å². The molecule has 0 radical (unpaired) electrons. The van der Waals surface area contributed by atoms with E-state index < -0.39 is 5.60 Å². The van der Waals surface area contributed by atoms with Gasteiger partial charge in [-0.05, 0) is 19.4 Å². The van der Waals surface area contributed by atoms with E-state index in [1.807, 2.05) is 17.9 Å². The van der Waals surface area contributed by atoms with E-state index in [4.69, 9.17) is 9.47 Å². The maximum absolute atomic E-state index is 13.0. The Morgan fingerprint density at radius 1 is 1.42 bits per heavy atom. The standard InChI is InChI=1S/C18H25N3O4S/c1-12-2-5-19-17(20-12)26-11-16(22)21-8-13-9-25-7-4-18(13,23)14-10-24-6-3-15(14)21/h2,5,13-15,23H,3-4,6-11H2,1H3/t13-,14+,15-,18-/m0/s1. The molecule has 0 saturated carbocycles. The van der Waals surface area contributed by atoms with Gasteiger partial charge in [0.05, 0.1) is 24.6 Å². The van der Waals surface area contributed by atoms with E-state index in [9.17, 15) is 9.90 Å². The van der Waals surface area contributed by atoms with E-state index in [1.54, 1.807) is 6.20 Å². The molecule has 3 aliphatic rings. The summed E-state index contributed by atoms with van der Waals surface area (Å²) in [5, 5.41) is 11.9. The number of likely N-dealkylation sites (tertiary alicyclic amines) is 1. The van der Waals surface area contributed by atoms with Gasteiger partial charge in [-0.25, -0.2) is 9.97 Å². The SMILES string of the molecule is Cc1ccnc(SCC(=O)N2C[C@H]3COCC[C@@]3(O)[C@@H]3COCC[C@@H]32)n1. The fourth-order valence-electron chi connectivity index (χ4n) is 4.45. The maximum atomic E-state index is 13.0. The summed E-state index contributed by atoms with van der Waals surface area (Å²) in [6.45, 7) is 4.68. The second-order valence-electron chi connectivity index (χ2n) is 7.37. The Morgan fingerprint density at radius 3 is 3.12 bits per heavy atom. The molecule has 3 aliphatic heterocycles. The number of rotatable bonds is 3. The lowest BCUT2D eigenvalue weighted by atomic mass is 9.66. The fraction of sp³-hybridized carbons (Fsp3) is 0.722. The third kappa shape index (κ3) is 3.35. The van der Waals surface area contributed by atoms with Crippen molar-refractivity contribution in [3.8, 4) is 0 Å². The zero-order chi connectivity index (χ0) is 18.1. The number of piperidine rings is 1. The molecule has 4 heterocycles. The molecule has 26 heavy (non-hydrogen) atoms. The Labute approximate surface area is 157 Å². The molecule has 8 heteroatoms. The molecule has 7 nitrogen and oxygen atoms in total. The van der Waals surface area contributed by atoms with Crippen LogP contribution < -0.4 is 0 Å². The van der Waals surface area contributed by atoms with Crippen molar-refractivity contribution >= 4 is 17.7 Å². The molecule has 0 aliphatic carbocycles. The van der Waals surface area contributed by atoms with E-state index in [0.29, 0.717) is 50.3 Å². The van der Waals surface area contributed by atoms with Crippen LogP contribution >= 0.6 is 11.8 Å². The molecular weight excluding hydrogens is 354 g/mol. The second kappa shape index (κ2) is 7.42. The third-order valence-electron chi connectivity index (χ3n) is 5.87. The molecule has 1 aromatic heterocycles. The number of carbonyl (C=O) groups is 1. The van der Waals surface area contributed by atoms with Crippen LogP contribution in [0.25, 0.3) is 0 Å². The Kier molecular flexibility index (Phi) is 5.18. The van der Waals surface area contributed by atoms with E-state index in [1.165, 1.54) is 11.8 Å². The highest BCUT2D eigenvalue weighted by Gasteiger charge is 2.56. The average molecular weight is 379 g/mol. The van der Waals surface area contributed by atoms with E-state index in [-0.39, 0.29) is 23.8 Å². The first-order valence-electron chi connectivity index (χ1n) is 9.18. The molecule has 3 saturated heterocycles. The van der Waals surface area contributed by atoms with Crippen molar-refractivity contribution < 1.29 is 19.4 Å². The summed E-state index contributed by atoms with van der Waals surface area (Å²) in [6.07, 6.45) is 3.11. The van der Waals surface area contributed by atoms with E-state index in [0.717, 1.165) is 12.1 Å². The predicted octanol–water partition coefficient (Wildman–Crippen LogP) is 0.892. The quantitative estimate of drug-likeness (QED) is 0.617. The van der Waals surface area contributed by atoms with Crippen LogP contribution in [0.15, 0.2) is 17.4 Å². The monoisotopic (exact) mass is 379 g/mol. The molecule has 0 unspecified atom stereocenters. The smallest absolute Gasteiger partial charge is 0.233 e. The van der Waals surface area contributed by atoms with Gasteiger partial charge in [0.2, 0.25) is 5.91 Å². The Hall–Kier alpha value is -1.22. The number of thioether (sulfide) groups is 1. The van der Waals surface area contributed by atoms with E-state index >= 15 is 0 Å². The number of nitrogens with zero attached hydrogens (tertiary/aromatic N) is 3. The zero-order valence-corrected chi connectivity index (χ0v) is 15.8. The number of hydrogen-bond acceptors (Lipinski definition) is 7. The molecule has 1 amide bonds. The Bertz CT molecular complexity index is 676. The lowest BCUT2D eigenvalue weighted by Gasteiger charge is -2.57. The van der Waals surface area contributed by atoms with Gasteiger partial charge in [0.15, 0.2) is 5.16 Å². The number of amides is 1. The Morgan fingerprint density at radius 2 is 2.27 bits per heavy atom. The maximum Gasteiger partial charge on any atom is 0.233 e. The molecule has 142 valence electrons. The molecule has 1 N–H and O–H groups in total. The van der Waals surface area contributed by atoms with Crippen molar-refractivity contribution in [2.75, 3.05) is 38.7 Å². The minimum Gasteiger partial charge on any atom is -0.389 e. The fourth-order valence-corrected chi connectivity index (χ4v) is 5.21. The van der Waals surface area contributed by atoms with Crippen molar-refractivity contribution in [2.24, 2.45) is 11.8 Å². The predicted molar refractivity (Wildman–Crippen MR) is 95.8 cm³/mol. The number of aromatic nitrogens is 2. The van der Waals surface area contributed by atoms with Gasteiger partial charge in [0.1, 0.15) is 0 Å². The summed E-state index contributed by atoms with van der Waals surface area (Å²) in [4.78, 5) is 23.5. The first-order valence-corrected chi connectivity index (χ1v) is 10.2. The van der Waals surface area contributed by atoms with E-state index in [2.05, 4.69) is 9.97 Å². The molecule has 0 aromatic carbocycles. The number of hydrogen-bond donors (Lipinski definition) is 1. The molecule has 3 fully saturated rings. The zero-order valence-electron chi connectivity index (χ0n) is 15.0. The topological polar surface area (TPSA) is 84.8 Å². The van der Waals surface area contributed by atoms with Gasteiger partial charge in [-0.15, -0.1) is 0 Å². The largest absolute Gasteiger partial charge is 0.389 e. The molecule has 1 aromatic rings. The Balaban J connectivity index is 1.48. The molecular formula is C18H25N3O4S. The summed E-state index contributed by atoms with van der Waals surface area (Å²) in [5.41, 5.74) is 0.106. The van der Waals surface area contributed by atoms with Crippen LogP contribution in [0.2, 0.25) is 0 Å². The number of aryl methyl sites for hydroxylation is 1. The highest BCUT2D eigenvalue weighted by Crippen LogP contribution is 2.44. The summed E-state index contributed by atoms with van der Waals surface area (Å²) in [7, 11) is 0. The number of ether oxygens (including phenoxy) is 2. The van der Waals surface area contributed by atoms with Crippen LogP contribution in [-0.4, -0.2) is 76.2 Å². The minimum absolute atomic E-state index is 0.0367. The summed E-state index contributed by atoms with van der Waals surface area (Å²) in [5.74, 6) is 0.288. The first kappa shape index (κ1) is 18.2. The van der Waals surface area contributed by atoms with Gasteiger partial charge >= 0.3 is 0 Å². The lowest BCUT2D eigenvalue weighted by molar-refractivity contribution is -0.218. The third-order valence-corrected chi connectivity index (χ3v) is 6.72. The first-order chi connectivity index (χ1) is 12.6. The van der Waals surface area contributed by atoms with Crippen LogP contribution in [0, 0.1) is 18.8 Å². The van der Waals surface area contributed by atoms with Crippen LogP contribution in [-0.2, 0) is 14.3 Å². The van der Waals surface area contributed by atoms with Crippen LogP contribution in [0.1, 0.15) is 18.5 Å². The lowest BCUT2D eigenvalue weighted by Crippen LogP contribution is -2.69. The van der Waals surface area contributed by atoms with Gasteiger partial charge in [-0.1, -0.05) is 11.8 Å². The van der Waals surface area contributed by atoms with Gasteiger partial charge in [0.25, 0.3) is 0 Å². The molecule has 4 rings (SSSR count). The normalized spacial score (nSPS) is 34.1. The van der Waals surface area contributed by atoms with Gasteiger partial charge in [0, 0.05) is 55.9 Å². The van der Waals surface area contributed by atoms with Gasteiger partial charge in [-0.2, -0.15) is 0 Å². The minimum atomic E-state index is -0.785. The van der Waals surface area contributed by atoms with Crippen LogP contribution in [0.5, 0.6) is 0 Å². The van der Waals surface area contributed by atoms with Crippen molar-refractivity contribution in [2.45, 2.75) is 36.6 Å². The second-order valence-corrected chi connectivity index (χ2v) is 8.31. The average Bonchev–Trinajstić information content (AvgIpc) is 2.66. The summed E-state index contributed by atoms with van der Waals surface area (Å²) >= 11 is 1.37. The molecule has 0 spiro atoms. The number of carbonyl (C=O) groups excluding carboxylic acids is 1. The number of fused-ring (bicyclic) bond motifs is 3. The number of aliphatic hydroxyl groups is 1. The van der Waals surface area contributed by atoms with Crippen molar-refractivity contribution in [1.29, 1.82) is 0 Å². The molecule has 4 atom stereocenters. The summed E-state index contributed by atoms with van der Waals surface area (Å²) < 4.78 is 11.3. The highest BCUT2D eigenvalue weighted by atomic mass is 32.2. The highest BCUT2D eigenvalue weighted by molar-refractivity contribution is 7.99. The van der Waals surface area contributed by atoms with Gasteiger partial charge in [-0.3, -0.25) is 4.79 Å². The van der Waals surface area contributed by atoms with Gasteiger partial charge < -0.3 is 19.5 Å². The van der Waals surface area contributed by atoms with Crippen LogP contribution in [0.3, 0.4) is 0 Å². The van der Waals surface area contributed by atoms with Crippen LogP contribution in [0.4, 0.5) is 0 Å². The summed E-state index contributed by atoms with van der Waals surface area (Å²) in [6, 6.07) is 1.88. The van der Waals surface area contributed by atoms with Crippen molar-refractivity contribution in [3.63, 3.8) is 0 Å².